The van der Waals surface area contributed by atoms with Gasteiger partial charge in [0, 0.05) is 32.7 Å². The van der Waals surface area contributed by atoms with Crippen LogP contribution < -0.4 is 25.0 Å². The van der Waals surface area contributed by atoms with E-state index in [-0.39, 0.29) is 24.0 Å². The summed E-state index contributed by atoms with van der Waals surface area (Å²) in [7, 11) is 3.54. The van der Waals surface area contributed by atoms with Gasteiger partial charge in [0.05, 0.1) is 19.4 Å². The van der Waals surface area contributed by atoms with Gasteiger partial charge in [-0.2, -0.15) is 0 Å². The molecule has 0 saturated carbocycles. The Kier molecular flexibility index (Phi) is 10.1. The number of hydrogen-bond acceptors (Lipinski definition) is 4. The number of halogens is 1. The molecule has 1 heterocycles. The van der Waals surface area contributed by atoms with Crippen molar-refractivity contribution in [2.24, 2.45) is 4.99 Å². The van der Waals surface area contributed by atoms with E-state index in [1.54, 1.807) is 7.11 Å². The van der Waals surface area contributed by atoms with Gasteiger partial charge >= 0.3 is 0 Å². The number of aliphatic imine (C=N–C) groups is 1. The van der Waals surface area contributed by atoms with E-state index in [4.69, 9.17) is 9.47 Å². The molecule has 1 fully saturated rings. The normalized spacial score (nSPS) is 16.0. The van der Waals surface area contributed by atoms with Crippen LogP contribution in [0.4, 0.5) is 5.69 Å². The van der Waals surface area contributed by atoms with Crippen LogP contribution in [0.2, 0.25) is 0 Å². The number of methoxy groups -OCH3 is 1. The second kappa shape index (κ2) is 12.5. The predicted octanol–water partition coefficient (Wildman–Crippen LogP) is 3.70. The lowest BCUT2D eigenvalue weighted by atomic mass is 10.1. The SMILES string of the molecule is CCOc1cccc(CCNC(=NC)NC2CCN(c3ccccc3OC)C2)c1.I. The summed E-state index contributed by atoms with van der Waals surface area (Å²) in [6, 6.07) is 16.8. The molecule has 6 nitrogen and oxygen atoms in total. The van der Waals surface area contributed by atoms with Crippen LogP contribution in [-0.4, -0.2) is 52.4 Å². The maximum atomic E-state index is 5.58. The van der Waals surface area contributed by atoms with Gasteiger partial charge in [-0.05, 0) is 49.6 Å². The Morgan fingerprint density at radius 2 is 2.03 bits per heavy atom. The highest BCUT2D eigenvalue weighted by Gasteiger charge is 2.25. The molecule has 2 aromatic carbocycles. The first kappa shape index (κ1) is 24.1. The number of guanidine groups is 1. The lowest BCUT2D eigenvalue weighted by molar-refractivity contribution is 0.340. The molecule has 2 N–H and O–H groups in total. The fourth-order valence-corrected chi connectivity index (χ4v) is 3.66. The molecule has 7 heteroatoms. The van der Waals surface area contributed by atoms with E-state index in [0.717, 1.165) is 55.6 Å². The van der Waals surface area contributed by atoms with Crippen LogP contribution in [0.3, 0.4) is 0 Å². The summed E-state index contributed by atoms with van der Waals surface area (Å²) < 4.78 is 11.1. The number of anilines is 1. The number of rotatable bonds is 8. The molecule has 3 rings (SSSR count). The van der Waals surface area contributed by atoms with E-state index in [9.17, 15) is 0 Å². The number of ether oxygens (including phenoxy) is 2. The van der Waals surface area contributed by atoms with Crippen molar-refractivity contribution < 1.29 is 9.47 Å². The largest absolute Gasteiger partial charge is 0.495 e. The van der Waals surface area contributed by atoms with Crippen LogP contribution in [0.15, 0.2) is 53.5 Å². The van der Waals surface area contributed by atoms with Gasteiger partial charge in [0.15, 0.2) is 5.96 Å². The van der Waals surface area contributed by atoms with E-state index in [1.807, 2.05) is 38.2 Å². The smallest absolute Gasteiger partial charge is 0.191 e. The number of para-hydroxylation sites is 2. The van der Waals surface area contributed by atoms with Crippen LogP contribution in [0.1, 0.15) is 18.9 Å². The Balaban J connectivity index is 0.00000320. The maximum absolute atomic E-state index is 5.58. The van der Waals surface area contributed by atoms with E-state index in [0.29, 0.717) is 12.6 Å². The van der Waals surface area contributed by atoms with Gasteiger partial charge in [-0.3, -0.25) is 4.99 Å². The molecule has 2 aromatic rings. The van der Waals surface area contributed by atoms with Crippen molar-refractivity contribution in [2.45, 2.75) is 25.8 Å². The van der Waals surface area contributed by atoms with Crippen LogP contribution >= 0.6 is 24.0 Å². The van der Waals surface area contributed by atoms with E-state index in [1.165, 1.54) is 5.56 Å². The average Bonchev–Trinajstić information content (AvgIpc) is 3.22. The first-order valence-electron chi connectivity index (χ1n) is 10.3. The molecule has 0 radical (unpaired) electrons. The molecule has 0 aliphatic carbocycles. The zero-order chi connectivity index (χ0) is 20.5. The lowest BCUT2D eigenvalue weighted by Gasteiger charge is -2.22. The fourth-order valence-electron chi connectivity index (χ4n) is 3.66. The molecule has 0 amide bonds. The van der Waals surface area contributed by atoms with Crippen molar-refractivity contribution >= 4 is 35.6 Å². The van der Waals surface area contributed by atoms with Crippen LogP contribution in [0.25, 0.3) is 0 Å². The second-order valence-corrected chi connectivity index (χ2v) is 7.08. The van der Waals surface area contributed by atoms with Crippen molar-refractivity contribution in [2.75, 3.05) is 45.3 Å². The Bertz CT molecular complexity index is 815. The highest BCUT2D eigenvalue weighted by atomic mass is 127. The molecule has 0 spiro atoms. The molecule has 1 atom stereocenters. The minimum atomic E-state index is 0. The van der Waals surface area contributed by atoms with Crippen molar-refractivity contribution in [3.05, 3.63) is 54.1 Å². The van der Waals surface area contributed by atoms with Gasteiger partial charge in [-0.1, -0.05) is 24.3 Å². The topological polar surface area (TPSA) is 58.1 Å². The third kappa shape index (κ3) is 6.68. The lowest BCUT2D eigenvalue weighted by Crippen LogP contribution is -2.45. The van der Waals surface area contributed by atoms with E-state index < -0.39 is 0 Å². The summed E-state index contributed by atoms with van der Waals surface area (Å²) in [5.74, 6) is 2.69. The van der Waals surface area contributed by atoms with Crippen LogP contribution in [0, 0.1) is 0 Å². The van der Waals surface area contributed by atoms with Gasteiger partial charge in [-0.25, -0.2) is 0 Å². The molecule has 0 aromatic heterocycles. The van der Waals surface area contributed by atoms with Gasteiger partial charge in [0.1, 0.15) is 11.5 Å². The van der Waals surface area contributed by atoms with E-state index >= 15 is 0 Å². The first-order valence-corrected chi connectivity index (χ1v) is 10.3. The molecule has 1 saturated heterocycles. The zero-order valence-electron chi connectivity index (χ0n) is 18.1. The highest BCUT2D eigenvalue weighted by Crippen LogP contribution is 2.30. The number of nitrogens with zero attached hydrogens (tertiary/aromatic N) is 2. The van der Waals surface area contributed by atoms with Crippen molar-refractivity contribution in [1.29, 1.82) is 0 Å². The summed E-state index contributed by atoms with van der Waals surface area (Å²) in [5, 5.41) is 6.98. The molecule has 0 bridgehead atoms. The van der Waals surface area contributed by atoms with Gasteiger partial charge in [0.2, 0.25) is 0 Å². The summed E-state index contributed by atoms with van der Waals surface area (Å²) >= 11 is 0. The molecular weight excluding hydrogens is 491 g/mol. The molecular formula is C23H33IN4O2. The summed E-state index contributed by atoms with van der Waals surface area (Å²) in [6.07, 6.45) is 1.98. The van der Waals surface area contributed by atoms with Gasteiger partial charge in [0.25, 0.3) is 0 Å². The Hall–Kier alpha value is -2.16. The molecule has 164 valence electrons. The van der Waals surface area contributed by atoms with Gasteiger partial charge in [-0.15, -0.1) is 24.0 Å². The molecule has 1 aliphatic heterocycles. The molecule has 30 heavy (non-hydrogen) atoms. The predicted molar refractivity (Wildman–Crippen MR) is 135 cm³/mol. The first-order chi connectivity index (χ1) is 14.2. The highest BCUT2D eigenvalue weighted by molar-refractivity contribution is 14.0. The summed E-state index contributed by atoms with van der Waals surface area (Å²) in [4.78, 5) is 6.75. The number of nitrogens with one attached hydrogen (secondary N) is 2. The van der Waals surface area contributed by atoms with Crippen molar-refractivity contribution in [3.8, 4) is 11.5 Å². The van der Waals surface area contributed by atoms with Gasteiger partial charge < -0.3 is 25.0 Å². The minimum Gasteiger partial charge on any atom is -0.495 e. The Morgan fingerprint density at radius 1 is 1.20 bits per heavy atom. The zero-order valence-corrected chi connectivity index (χ0v) is 20.4. The van der Waals surface area contributed by atoms with Crippen LogP contribution in [-0.2, 0) is 6.42 Å². The van der Waals surface area contributed by atoms with Crippen LogP contribution in [0.5, 0.6) is 11.5 Å². The Morgan fingerprint density at radius 3 is 2.80 bits per heavy atom. The summed E-state index contributed by atoms with van der Waals surface area (Å²) in [6.45, 7) is 5.43. The Labute approximate surface area is 197 Å². The third-order valence-electron chi connectivity index (χ3n) is 5.09. The maximum Gasteiger partial charge on any atom is 0.191 e. The fraction of sp³-hybridized carbons (Fsp3) is 0.435. The summed E-state index contributed by atoms with van der Waals surface area (Å²) in [5.41, 5.74) is 2.40. The van der Waals surface area contributed by atoms with Crippen molar-refractivity contribution in [3.63, 3.8) is 0 Å². The molecule has 1 unspecified atom stereocenters. The number of benzene rings is 2. The average molecular weight is 524 g/mol. The van der Waals surface area contributed by atoms with E-state index in [2.05, 4.69) is 44.8 Å². The number of hydrogen-bond donors (Lipinski definition) is 2. The second-order valence-electron chi connectivity index (χ2n) is 7.08. The molecule has 1 aliphatic rings. The quantitative estimate of drug-likeness (QED) is 0.314. The monoisotopic (exact) mass is 524 g/mol. The standard InChI is InChI=1S/C23H32N4O2.HI/c1-4-29-20-9-7-8-18(16-20)12-14-25-23(24-2)26-19-13-15-27(17-19)21-10-5-6-11-22(21)28-3;/h5-11,16,19H,4,12-15,17H2,1-3H3,(H2,24,25,26);1H. The minimum absolute atomic E-state index is 0. The third-order valence-corrected chi connectivity index (χ3v) is 5.09. The van der Waals surface area contributed by atoms with Crippen molar-refractivity contribution in [1.82, 2.24) is 10.6 Å².